The molecule has 0 amide bonds. The summed E-state index contributed by atoms with van der Waals surface area (Å²) < 4.78 is 3.47. The highest BCUT2D eigenvalue weighted by atomic mass is 16.4. The predicted octanol–water partition coefficient (Wildman–Crippen LogP) is -0.503. The van der Waals surface area contributed by atoms with Gasteiger partial charge in [-0.3, -0.25) is 9.48 Å². The van der Waals surface area contributed by atoms with Crippen LogP contribution in [0.4, 0.5) is 0 Å². The van der Waals surface area contributed by atoms with Gasteiger partial charge in [0.15, 0.2) is 0 Å². The van der Waals surface area contributed by atoms with Gasteiger partial charge in [-0.15, -0.1) is 5.10 Å². The summed E-state index contributed by atoms with van der Waals surface area (Å²) in [6.45, 7) is 3.38. The molecule has 3 N–H and O–H groups in total. The third kappa shape index (κ3) is 3.38. The van der Waals surface area contributed by atoms with Gasteiger partial charge in [-0.25, -0.2) is 4.68 Å². The molecule has 0 saturated carbocycles. The molecule has 2 aromatic heterocycles. The van der Waals surface area contributed by atoms with Gasteiger partial charge in [0.2, 0.25) is 0 Å². The van der Waals surface area contributed by atoms with Crippen molar-refractivity contribution in [2.45, 2.75) is 32.5 Å². The van der Waals surface area contributed by atoms with Crippen LogP contribution >= 0.6 is 0 Å². The van der Waals surface area contributed by atoms with Crippen LogP contribution in [0.1, 0.15) is 18.2 Å². The predicted molar refractivity (Wildman–Crippen MR) is 66.3 cm³/mol. The van der Waals surface area contributed by atoms with Crippen molar-refractivity contribution in [1.82, 2.24) is 24.8 Å². The van der Waals surface area contributed by atoms with Gasteiger partial charge in [0, 0.05) is 30.9 Å². The zero-order valence-electron chi connectivity index (χ0n) is 10.6. The summed E-state index contributed by atoms with van der Waals surface area (Å²) in [6.07, 6.45) is 5.58. The van der Waals surface area contributed by atoms with Crippen molar-refractivity contribution in [3.05, 3.63) is 29.8 Å². The van der Waals surface area contributed by atoms with Gasteiger partial charge in [0.05, 0.1) is 18.4 Å². The number of nitrogens with zero attached hydrogens (tertiary/aromatic N) is 5. The van der Waals surface area contributed by atoms with Crippen molar-refractivity contribution in [2.75, 3.05) is 0 Å². The molecule has 0 aromatic carbocycles. The molecule has 0 spiro atoms. The molecule has 1 unspecified atom stereocenters. The maximum absolute atomic E-state index is 10.6. The van der Waals surface area contributed by atoms with E-state index in [1.807, 2.05) is 17.8 Å². The van der Waals surface area contributed by atoms with Crippen LogP contribution in [-0.2, 0) is 24.3 Å². The molecule has 0 aliphatic rings. The number of nitrogens with two attached hydrogens (primary N) is 1. The van der Waals surface area contributed by atoms with Crippen LogP contribution in [0.25, 0.3) is 0 Å². The molecule has 8 nitrogen and oxygen atoms in total. The fourth-order valence-corrected chi connectivity index (χ4v) is 1.67. The first-order valence-electron chi connectivity index (χ1n) is 5.97. The molecule has 0 aliphatic carbocycles. The summed E-state index contributed by atoms with van der Waals surface area (Å²) in [7, 11) is 0. The van der Waals surface area contributed by atoms with Crippen molar-refractivity contribution >= 4 is 5.97 Å². The molecule has 2 aromatic rings. The fourth-order valence-electron chi connectivity index (χ4n) is 1.67. The first-order chi connectivity index (χ1) is 9.08. The van der Waals surface area contributed by atoms with E-state index < -0.39 is 12.0 Å². The SMILES string of the molecule is CCn1cc(Cn2cc(CC(N)C(=O)O)nn2)cn1. The minimum absolute atomic E-state index is 0.170. The maximum Gasteiger partial charge on any atom is 0.320 e. The third-order valence-electron chi connectivity index (χ3n) is 2.69. The molecule has 102 valence electrons. The number of aryl methyl sites for hydroxylation is 1. The molecule has 8 heteroatoms. The maximum atomic E-state index is 10.6. The number of carbonyl (C=O) groups is 1. The second kappa shape index (κ2) is 5.61. The molecule has 2 rings (SSSR count). The number of carboxylic acid groups (broad SMARTS) is 1. The lowest BCUT2D eigenvalue weighted by atomic mass is 10.2. The largest absolute Gasteiger partial charge is 0.480 e. The van der Waals surface area contributed by atoms with Gasteiger partial charge < -0.3 is 10.8 Å². The van der Waals surface area contributed by atoms with Crippen molar-refractivity contribution in [3.63, 3.8) is 0 Å². The number of hydrogen-bond acceptors (Lipinski definition) is 5. The molecule has 2 heterocycles. The number of aromatic nitrogens is 5. The van der Waals surface area contributed by atoms with E-state index in [9.17, 15) is 4.79 Å². The Labute approximate surface area is 109 Å². The molecule has 19 heavy (non-hydrogen) atoms. The van der Waals surface area contributed by atoms with Crippen LogP contribution in [0, 0.1) is 0 Å². The van der Waals surface area contributed by atoms with Crippen molar-refractivity contribution in [1.29, 1.82) is 0 Å². The Morgan fingerprint density at radius 1 is 1.47 bits per heavy atom. The fraction of sp³-hybridized carbons (Fsp3) is 0.455. The Balaban J connectivity index is 1.99. The lowest BCUT2D eigenvalue weighted by Gasteiger charge is -2.01. The number of rotatable bonds is 6. The monoisotopic (exact) mass is 264 g/mol. The summed E-state index contributed by atoms with van der Waals surface area (Å²) >= 11 is 0. The van der Waals surface area contributed by atoms with Gasteiger partial charge in [0.25, 0.3) is 0 Å². The number of hydrogen-bond donors (Lipinski definition) is 2. The molecular formula is C11H16N6O2. The van der Waals surface area contributed by atoms with Gasteiger partial charge in [-0.05, 0) is 6.92 Å². The van der Waals surface area contributed by atoms with Crippen molar-refractivity contribution < 1.29 is 9.90 Å². The first kappa shape index (κ1) is 13.2. The summed E-state index contributed by atoms with van der Waals surface area (Å²) in [5.74, 6) is -1.04. The Kier molecular flexibility index (Phi) is 3.91. The molecule has 0 fully saturated rings. The molecular weight excluding hydrogens is 248 g/mol. The molecule has 0 saturated heterocycles. The molecule has 0 radical (unpaired) electrons. The van der Waals surface area contributed by atoms with Crippen LogP contribution in [-0.4, -0.2) is 41.9 Å². The van der Waals surface area contributed by atoms with Crippen LogP contribution in [0.3, 0.4) is 0 Å². The Morgan fingerprint density at radius 3 is 2.89 bits per heavy atom. The molecule has 1 atom stereocenters. The third-order valence-corrected chi connectivity index (χ3v) is 2.69. The zero-order chi connectivity index (χ0) is 13.8. The van der Waals surface area contributed by atoms with E-state index in [4.69, 9.17) is 10.8 Å². The highest BCUT2D eigenvalue weighted by molar-refractivity contribution is 5.73. The average molecular weight is 264 g/mol. The standard InChI is InChI=1S/C11H16N6O2/c1-2-16-5-8(4-13-16)6-17-7-9(14-15-17)3-10(12)11(18)19/h4-5,7,10H,2-3,6,12H2,1H3,(H,18,19). The molecule has 0 aliphatic heterocycles. The number of carboxylic acids is 1. The highest BCUT2D eigenvalue weighted by Crippen LogP contribution is 2.03. The average Bonchev–Trinajstić information content (AvgIpc) is 2.99. The summed E-state index contributed by atoms with van der Waals surface area (Å²) in [4.78, 5) is 10.6. The molecule has 0 bridgehead atoms. The number of aliphatic carboxylic acids is 1. The van der Waals surface area contributed by atoms with Crippen molar-refractivity contribution in [3.8, 4) is 0 Å². The van der Waals surface area contributed by atoms with Crippen molar-refractivity contribution in [2.24, 2.45) is 5.73 Å². The smallest absolute Gasteiger partial charge is 0.320 e. The van der Waals surface area contributed by atoms with E-state index >= 15 is 0 Å². The Hall–Kier alpha value is -2.22. The lowest BCUT2D eigenvalue weighted by molar-refractivity contribution is -0.138. The highest BCUT2D eigenvalue weighted by Gasteiger charge is 2.14. The Morgan fingerprint density at radius 2 is 2.26 bits per heavy atom. The van der Waals surface area contributed by atoms with Gasteiger partial charge in [-0.1, -0.05) is 5.21 Å². The summed E-state index contributed by atoms with van der Waals surface area (Å²) in [5.41, 5.74) is 7.02. The van der Waals surface area contributed by atoms with Gasteiger partial charge >= 0.3 is 5.97 Å². The lowest BCUT2D eigenvalue weighted by Crippen LogP contribution is -2.32. The van der Waals surface area contributed by atoms with E-state index in [2.05, 4.69) is 15.4 Å². The second-order valence-corrected chi connectivity index (χ2v) is 4.26. The van der Waals surface area contributed by atoms with E-state index in [1.54, 1.807) is 17.1 Å². The quantitative estimate of drug-likeness (QED) is 0.727. The normalized spacial score (nSPS) is 12.5. The first-order valence-corrected chi connectivity index (χ1v) is 5.97. The van der Waals surface area contributed by atoms with Crippen LogP contribution in [0.2, 0.25) is 0 Å². The van der Waals surface area contributed by atoms with Crippen LogP contribution < -0.4 is 5.73 Å². The van der Waals surface area contributed by atoms with E-state index in [0.717, 1.165) is 12.1 Å². The summed E-state index contributed by atoms with van der Waals surface area (Å²) in [6, 6.07) is -0.951. The van der Waals surface area contributed by atoms with E-state index in [0.29, 0.717) is 12.2 Å². The van der Waals surface area contributed by atoms with Gasteiger partial charge in [0.1, 0.15) is 6.04 Å². The van der Waals surface area contributed by atoms with Crippen LogP contribution in [0.15, 0.2) is 18.6 Å². The van der Waals surface area contributed by atoms with E-state index in [-0.39, 0.29) is 6.42 Å². The second-order valence-electron chi connectivity index (χ2n) is 4.26. The van der Waals surface area contributed by atoms with Crippen LogP contribution in [0.5, 0.6) is 0 Å². The van der Waals surface area contributed by atoms with E-state index in [1.165, 1.54) is 0 Å². The Bertz CT molecular complexity index is 561. The summed E-state index contributed by atoms with van der Waals surface area (Å²) in [5, 5.41) is 20.7. The minimum atomic E-state index is -1.04. The minimum Gasteiger partial charge on any atom is -0.480 e. The topological polar surface area (TPSA) is 112 Å². The zero-order valence-corrected chi connectivity index (χ0v) is 10.6. The van der Waals surface area contributed by atoms with Gasteiger partial charge in [-0.2, -0.15) is 5.10 Å².